The Morgan fingerprint density at radius 1 is 1.36 bits per heavy atom. The van der Waals surface area contributed by atoms with E-state index in [0.717, 1.165) is 11.8 Å². The normalized spacial score (nSPS) is 31.4. The summed E-state index contributed by atoms with van der Waals surface area (Å²) in [4.78, 5) is 0. The van der Waals surface area contributed by atoms with Crippen LogP contribution in [-0.2, 0) is 6.42 Å². The van der Waals surface area contributed by atoms with Crippen molar-refractivity contribution >= 4 is 0 Å². The highest BCUT2D eigenvalue weighted by Gasteiger charge is 2.45. The minimum absolute atomic E-state index is 0.963. The van der Waals surface area contributed by atoms with E-state index in [9.17, 15) is 0 Å². The third kappa shape index (κ3) is 0.649. The minimum atomic E-state index is 0.963. The van der Waals surface area contributed by atoms with Gasteiger partial charge < -0.3 is 0 Å². The largest absolute Gasteiger partial charge is 0.0617 e. The van der Waals surface area contributed by atoms with Crippen molar-refractivity contribution in [2.75, 3.05) is 0 Å². The highest BCUT2D eigenvalue weighted by molar-refractivity contribution is 5.45. The summed E-state index contributed by atoms with van der Waals surface area (Å²) in [6.45, 7) is 2.24. The van der Waals surface area contributed by atoms with Crippen LogP contribution in [0.15, 0.2) is 18.2 Å². The van der Waals surface area contributed by atoms with Gasteiger partial charge in [-0.15, -0.1) is 0 Å². The van der Waals surface area contributed by atoms with Crippen LogP contribution in [0.4, 0.5) is 0 Å². The van der Waals surface area contributed by atoms with Crippen molar-refractivity contribution in [1.82, 2.24) is 0 Å². The van der Waals surface area contributed by atoms with Crippen LogP contribution in [0.5, 0.6) is 0 Å². The molecule has 0 heteroatoms. The van der Waals surface area contributed by atoms with Crippen LogP contribution in [0.1, 0.15) is 29.0 Å². The number of fused-ring (bicyclic) bond motifs is 3. The average molecular weight is 144 g/mol. The van der Waals surface area contributed by atoms with Crippen LogP contribution in [0.3, 0.4) is 0 Å². The van der Waals surface area contributed by atoms with E-state index in [0.29, 0.717) is 0 Å². The van der Waals surface area contributed by atoms with E-state index in [1.54, 1.807) is 11.1 Å². The van der Waals surface area contributed by atoms with E-state index < -0.39 is 0 Å². The first-order valence-corrected chi connectivity index (χ1v) is 4.44. The van der Waals surface area contributed by atoms with Crippen molar-refractivity contribution < 1.29 is 0 Å². The van der Waals surface area contributed by atoms with Crippen LogP contribution in [0.2, 0.25) is 0 Å². The molecule has 1 aromatic carbocycles. The van der Waals surface area contributed by atoms with E-state index in [2.05, 4.69) is 25.1 Å². The fourth-order valence-corrected chi connectivity index (χ4v) is 2.47. The molecule has 1 saturated carbocycles. The SMILES string of the molecule is Cc1cccc2c1CC1CC21. The van der Waals surface area contributed by atoms with Gasteiger partial charge in [-0.05, 0) is 48.3 Å². The number of rotatable bonds is 0. The summed E-state index contributed by atoms with van der Waals surface area (Å²) in [5.74, 6) is 2.00. The molecule has 1 aromatic rings. The van der Waals surface area contributed by atoms with Crippen molar-refractivity contribution in [3.8, 4) is 0 Å². The van der Waals surface area contributed by atoms with Gasteiger partial charge in [0.05, 0.1) is 0 Å². The molecule has 0 heterocycles. The predicted molar refractivity (Wildman–Crippen MR) is 45.7 cm³/mol. The summed E-state index contributed by atoms with van der Waals surface area (Å²) in [5, 5.41) is 0. The quantitative estimate of drug-likeness (QED) is 0.525. The van der Waals surface area contributed by atoms with Crippen molar-refractivity contribution in [2.24, 2.45) is 5.92 Å². The Labute approximate surface area is 67.2 Å². The molecule has 0 spiro atoms. The zero-order valence-electron chi connectivity index (χ0n) is 6.80. The van der Waals surface area contributed by atoms with Gasteiger partial charge >= 0.3 is 0 Å². The first-order chi connectivity index (χ1) is 5.36. The molecular weight excluding hydrogens is 132 g/mol. The topological polar surface area (TPSA) is 0 Å². The average Bonchev–Trinajstić information content (AvgIpc) is 2.67. The molecule has 0 bridgehead atoms. The second-order valence-electron chi connectivity index (χ2n) is 3.95. The third-order valence-electron chi connectivity index (χ3n) is 3.23. The first-order valence-electron chi connectivity index (χ1n) is 4.44. The molecule has 0 N–H and O–H groups in total. The molecule has 0 aliphatic heterocycles. The Bertz CT molecular complexity index is 312. The molecule has 0 radical (unpaired) electrons. The van der Waals surface area contributed by atoms with Crippen LogP contribution < -0.4 is 0 Å². The number of hydrogen-bond acceptors (Lipinski definition) is 0. The molecule has 56 valence electrons. The van der Waals surface area contributed by atoms with Crippen molar-refractivity contribution in [3.63, 3.8) is 0 Å². The molecule has 0 aromatic heterocycles. The van der Waals surface area contributed by atoms with E-state index >= 15 is 0 Å². The maximum Gasteiger partial charge on any atom is -0.0124 e. The Kier molecular flexibility index (Phi) is 0.892. The van der Waals surface area contributed by atoms with E-state index in [1.165, 1.54) is 18.4 Å². The highest BCUT2D eigenvalue weighted by atomic mass is 14.5. The highest BCUT2D eigenvalue weighted by Crippen LogP contribution is 2.56. The Balaban J connectivity index is 2.24. The molecule has 3 rings (SSSR count). The zero-order valence-corrected chi connectivity index (χ0v) is 6.80. The maximum atomic E-state index is 2.32. The Morgan fingerprint density at radius 3 is 3.09 bits per heavy atom. The number of aryl methyl sites for hydroxylation is 1. The molecule has 2 unspecified atom stereocenters. The van der Waals surface area contributed by atoms with Crippen LogP contribution in [0.25, 0.3) is 0 Å². The molecule has 0 saturated heterocycles. The van der Waals surface area contributed by atoms with E-state index in [4.69, 9.17) is 0 Å². The smallest absolute Gasteiger partial charge is 0.0124 e. The van der Waals surface area contributed by atoms with Gasteiger partial charge in [-0.3, -0.25) is 0 Å². The molecule has 11 heavy (non-hydrogen) atoms. The van der Waals surface area contributed by atoms with Gasteiger partial charge in [-0.1, -0.05) is 18.2 Å². The van der Waals surface area contributed by atoms with Gasteiger partial charge in [-0.2, -0.15) is 0 Å². The molecular formula is C11H12. The summed E-state index contributed by atoms with van der Waals surface area (Å²) in [6.07, 6.45) is 2.84. The molecule has 2 aliphatic rings. The molecule has 0 amide bonds. The fourth-order valence-electron chi connectivity index (χ4n) is 2.47. The van der Waals surface area contributed by atoms with E-state index in [-0.39, 0.29) is 0 Å². The van der Waals surface area contributed by atoms with Crippen molar-refractivity contribution in [1.29, 1.82) is 0 Å². The van der Waals surface area contributed by atoms with Crippen LogP contribution in [-0.4, -0.2) is 0 Å². The van der Waals surface area contributed by atoms with Gasteiger partial charge in [-0.25, -0.2) is 0 Å². The van der Waals surface area contributed by atoms with Crippen LogP contribution in [0, 0.1) is 12.8 Å². The Hall–Kier alpha value is -0.780. The van der Waals surface area contributed by atoms with Crippen molar-refractivity contribution in [2.45, 2.75) is 25.7 Å². The molecule has 2 atom stereocenters. The maximum absolute atomic E-state index is 2.32. The summed E-state index contributed by atoms with van der Waals surface area (Å²) in [5.41, 5.74) is 4.83. The summed E-state index contributed by atoms with van der Waals surface area (Å²) >= 11 is 0. The monoisotopic (exact) mass is 144 g/mol. The fraction of sp³-hybridized carbons (Fsp3) is 0.455. The number of hydrogen-bond donors (Lipinski definition) is 0. The van der Waals surface area contributed by atoms with Crippen LogP contribution >= 0.6 is 0 Å². The summed E-state index contributed by atoms with van der Waals surface area (Å²) < 4.78 is 0. The second kappa shape index (κ2) is 1.69. The van der Waals surface area contributed by atoms with Gasteiger partial charge in [0, 0.05) is 0 Å². The first kappa shape index (κ1) is 5.82. The van der Waals surface area contributed by atoms with Crippen molar-refractivity contribution in [3.05, 3.63) is 34.9 Å². The summed E-state index contributed by atoms with van der Waals surface area (Å²) in [6, 6.07) is 6.76. The lowest BCUT2D eigenvalue weighted by molar-refractivity contribution is 0.852. The molecule has 1 fully saturated rings. The van der Waals surface area contributed by atoms with Gasteiger partial charge in [0.15, 0.2) is 0 Å². The standard InChI is InChI=1S/C11H12/c1-7-3-2-4-9-10(7)5-8-6-11(8)9/h2-4,8,11H,5-6H2,1H3. The third-order valence-corrected chi connectivity index (χ3v) is 3.23. The predicted octanol–water partition coefficient (Wildman–Crippen LogP) is 2.65. The van der Waals surface area contributed by atoms with Gasteiger partial charge in [0.1, 0.15) is 0 Å². The Morgan fingerprint density at radius 2 is 2.27 bits per heavy atom. The molecule has 0 nitrogen and oxygen atoms in total. The minimum Gasteiger partial charge on any atom is -0.0617 e. The second-order valence-corrected chi connectivity index (χ2v) is 3.95. The molecule has 2 aliphatic carbocycles. The zero-order chi connectivity index (χ0) is 7.42. The lowest BCUT2D eigenvalue weighted by Crippen LogP contribution is -1.89. The lowest BCUT2D eigenvalue weighted by atomic mass is 10.0. The summed E-state index contributed by atoms with van der Waals surface area (Å²) in [7, 11) is 0. The van der Waals surface area contributed by atoms with E-state index in [1.807, 2.05) is 0 Å². The van der Waals surface area contributed by atoms with Gasteiger partial charge in [0.2, 0.25) is 0 Å². The number of benzene rings is 1. The van der Waals surface area contributed by atoms with Gasteiger partial charge in [0.25, 0.3) is 0 Å². The lowest BCUT2D eigenvalue weighted by Gasteiger charge is -2.04.